The summed E-state index contributed by atoms with van der Waals surface area (Å²) >= 11 is 0. The van der Waals surface area contributed by atoms with Gasteiger partial charge in [0.2, 0.25) is 0 Å². The summed E-state index contributed by atoms with van der Waals surface area (Å²) in [6.45, 7) is 0. The first-order valence-electron chi connectivity index (χ1n) is 45.5. The molecule has 630 valence electrons. The van der Waals surface area contributed by atoms with Crippen LogP contribution in [0.2, 0.25) is 0 Å². The van der Waals surface area contributed by atoms with Gasteiger partial charge in [-0.15, -0.1) is 0 Å². The maximum Gasteiger partial charge on any atom is 0.164 e. The highest BCUT2D eigenvalue weighted by Crippen LogP contribution is 2.54. The molecule has 0 spiro atoms. The summed E-state index contributed by atoms with van der Waals surface area (Å²) < 4.78 is 20.2. The normalized spacial score (nSPS) is 11.6. The van der Waals surface area contributed by atoms with Crippen molar-refractivity contribution in [2.24, 2.45) is 0 Å². The predicted molar refractivity (Wildman–Crippen MR) is 553 cm³/mol. The number of rotatable bonds is 18. The van der Waals surface area contributed by atoms with Crippen LogP contribution in [0.25, 0.3) is 268 Å². The average molecular weight is 1720 g/mol. The van der Waals surface area contributed by atoms with E-state index in [0.717, 1.165) is 222 Å². The summed E-state index contributed by atoms with van der Waals surface area (Å²) in [7, 11) is 0. The smallest absolute Gasteiger partial charge is 0.164 e. The van der Waals surface area contributed by atoms with Crippen LogP contribution in [0, 0.1) is 0 Å². The minimum absolute atomic E-state index is 0.493. The highest BCUT2D eigenvalue weighted by atomic mass is 16.3. The fourth-order valence-electron chi connectivity index (χ4n) is 19.6. The van der Waals surface area contributed by atoms with Crippen molar-refractivity contribution < 1.29 is 13.3 Å². The minimum Gasteiger partial charge on any atom is -0.456 e. The Labute approximate surface area is 778 Å². The molecule has 135 heavy (non-hydrogen) atoms. The van der Waals surface area contributed by atoms with Gasteiger partial charge in [-0.1, -0.05) is 413 Å². The molecule has 9 nitrogen and oxygen atoms in total. The summed E-state index contributed by atoms with van der Waals surface area (Å²) in [5.41, 5.74) is 35.8. The van der Waals surface area contributed by atoms with Gasteiger partial charge < -0.3 is 13.3 Å². The molecule has 0 bridgehead atoms. The van der Waals surface area contributed by atoms with Crippen LogP contribution < -0.4 is 0 Å². The molecule has 0 amide bonds. The highest BCUT2D eigenvalue weighted by molar-refractivity contribution is 6.14. The van der Waals surface area contributed by atoms with Crippen LogP contribution in [0.4, 0.5) is 0 Å². The van der Waals surface area contributed by atoms with Gasteiger partial charge >= 0.3 is 0 Å². The molecule has 0 aliphatic rings. The fraction of sp³-hybridized carbons (Fsp3) is 0. The zero-order chi connectivity index (χ0) is 89.2. The van der Waals surface area contributed by atoms with Gasteiger partial charge in [-0.05, 0) is 189 Å². The van der Waals surface area contributed by atoms with Gasteiger partial charge in [0.15, 0.2) is 34.9 Å². The van der Waals surface area contributed by atoms with Gasteiger partial charge in [0.05, 0.1) is 0 Å². The molecule has 0 atom stereocenters. The number of fused-ring (bicyclic) bond motifs is 9. The van der Waals surface area contributed by atoms with E-state index in [1.165, 1.54) is 5.56 Å². The zero-order valence-electron chi connectivity index (χ0n) is 72.9. The third kappa shape index (κ3) is 14.6. The van der Waals surface area contributed by atoms with E-state index in [-0.39, 0.29) is 0 Å². The van der Waals surface area contributed by atoms with Gasteiger partial charge in [-0.25, -0.2) is 29.9 Å². The van der Waals surface area contributed by atoms with Crippen LogP contribution >= 0.6 is 0 Å². The zero-order valence-corrected chi connectivity index (χ0v) is 72.9. The number of nitrogens with zero attached hydrogens (tertiary/aromatic N) is 6. The van der Waals surface area contributed by atoms with Gasteiger partial charge in [0.25, 0.3) is 0 Å². The van der Waals surface area contributed by atoms with Crippen molar-refractivity contribution in [2.45, 2.75) is 0 Å². The average Bonchev–Trinajstić information content (AvgIpc) is 1.52. The van der Waals surface area contributed by atoms with Crippen LogP contribution in [-0.4, -0.2) is 29.9 Å². The van der Waals surface area contributed by atoms with Gasteiger partial charge in [0.1, 0.15) is 33.5 Å². The Kier molecular flexibility index (Phi) is 19.7. The second-order valence-electron chi connectivity index (χ2n) is 34.2. The number of aromatic nitrogens is 6. The van der Waals surface area contributed by atoms with E-state index in [9.17, 15) is 0 Å². The summed E-state index contributed by atoms with van der Waals surface area (Å²) in [4.78, 5) is 32.0. The lowest BCUT2D eigenvalue weighted by Gasteiger charge is -2.24. The van der Waals surface area contributed by atoms with Crippen molar-refractivity contribution in [1.82, 2.24) is 29.9 Å². The third-order valence-electron chi connectivity index (χ3n) is 26.1. The van der Waals surface area contributed by atoms with Gasteiger partial charge in [-0.3, -0.25) is 0 Å². The summed E-state index contributed by atoms with van der Waals surface area (Å²) in [5.74, 6) is 3.17. The van der Waals surface area contributed by atoms with E-state index in [0.29, 0.717) is 40.5 Å². The summed E-state index contributed by atoms with van der Waals surface area (Å²) in [5, 5.41) is 6.11. The Hall–Kier alpha value is -18.2. The molecule has 25 rings (SSSR count). The SMILES string of the molecule is c1ccc(-c2ccc(-c3nc(-c4ccc(-c5cc(-c6ccccc6)c(-c6ccc(-c7cccc8c7oc7cc(-c9nc(-c%10ccc(-c%11cc(-c%12ccccc%12)c(-c%12ccccc%12)c(-c%12ccccc%12)c%11-c%11ccccc%11)cc%10)nc(-c%10ccc%11c(c%10)oc%10ccccc%10%11)n9)ccc78)cc6)c(-c6ccccc6)c5-c5ccccc5)cc4)nc(-c4ccc5c(c4)oc4ccccc45)n3)cc2)cc1. The van der Waals surface area contributed by atoms with E-state index < -0.39 is 0 Å². The Morgan fingerprint density at radius 2 is 0.333 bits per heavy atom. The molecular weight excluding hydrogens is 1650 g/mol. The molecule has 0 saturated heterocycles. The molecule has 5 aromatic heterocycles. The number of hydrogen-bond donors (Lipinski definition) is 0. The maximum atomic E-state index is 7.22. The molecule has 25 aromatic rings. The molecule has 0 aliphatic heterocycles. The third-order valence-corrected chi connectivity index (χ3v) is 26.1. The van der Waals surface area contributed by atoms with E-state index in [1.54, 1.807) is 0 Å². The fourth-order valence-corrected chi connectivity index (χ4v) is 19.6. The molecular formula is C126H78N6O3. The highest BCUT2D eigenvalue weighted by Gasteiger charge is 2.29. The standard InChI is InChI=1S/C126H78N6O3/c1-9-30-79(31-10-1)80-52-62-92(63-53-80)121-127-122(129-124(128-121)95-68-71-101-99-46-25-27-50-109(99)133-111(101)74-95)93-64-56-85(57-65-93)108-78-106(82-34-13-3-14-35-82)117(119(90-44-23-8-24-45-90)116(108)88-40-19-6-20-41-88)91-60-54-83(55-61-91)98-48-29-49-104-103-73-70-97(76-113(103)135-120(98)104)126-131-123(130-125(132-126)96-69-72-102-100-47-26-28-51-110(100)134-112(102)75-96)94-66-58-84(59-67-94)107-77-105(81-32-11-2-12-33-81)114(86-36-15-4-16-37-86)118(89-42-21-7-22-43-89)115(107)87-38-17-5-18-39-87/h1-78H. The molecule has 5 heterocycles. The van der Waals surface area contributed by atoms with Crippen LogP contribution in [-0.2, 0) is 0 Å². The number of benzene rings is 20. The molecule has 0 N–H and O–H groups in total. The first kappa shape index (κ1) is 79.0. The quantitative estimate of drug-likeness (QED) is 0.0828. The van der Waals surface area contributed by atoms with Crippen LogP contribution in [0.5, 0.6) is 0 Å². The number of hydrogen-bond acceptors (Lipinski definition) is 9. The van der Waals surface area contributed by atoms with Crippen molar-refractivity contribution in [3.63, 3.8) is 0 Å². The van der Waals surface area contributed by atoms with Crippen molar-refractivity contribution in [3.8, 4) is 202 Å². The molecule has 0 fully saturated rings. The second kappa shape index (κ2) is 33.7. The van der Waals surface area contributed by atoms with Crippen molar-refractivity contribution in [3.05, 3.63) is 473 Å². The molecule has 9 heteroatoms. The van der Waals surface area contributed by atoms with E-state index >= 15 is 0 Å². The van der Waals surface area contributed by atoms with Gasteiger partial charge in [0, 0.05) is 71.3 Å². The van der Waals surface area contributed by atoms with Crippen molar-refractivity contribution >= 4 is 65.8 Å². The van der Waals surface area contributed by atoms with Crippen molar-refractivity contribution in [1.29, 1.82) is 0 Å². The Bertz CT molecular complexity index is 8820. The first-order chi connectivity index (χ1) is 66.9. The van der Waals surface area contributed by atoms with E-state index in [2.05, 4.69) is 419 Å². The summed E-state index contributed by atoms with van der Waals surface area (Å²) in [6.07, 6.45) is 0. The Morgan fingerprint density at radius 1 is 0.119 bits per heavy atom. The van der Waals surface area contributed by atoms with Crippen molar-refractivity contribution in [2.75, 3.05) is 0 Å². The predicted octanol–water partition coefficient (Wildman–Crippen LogP) is 33.8. The lowest BCUT2D eigenvalue weighted by atomic mass is 9.78. The topological polar surface area (TPSA) is 117 Å². The Balaban J connectivity index is 0.594. The van der Waals surface area contributed by atoms with Crippen LogP contribution in [0.1, 0.15) is 0 Å². The maximum absolute atomic E-state index is 7.22. The minimum atomic E-state index is 0.493. The summed E-state index contributed by atoms with van der Waals surface area (Å²) in [6, 6.07) is 167. The molecule has 0 saturated carbocycles. The van der Waals surface area contributed by atoms with Crippen LogP contribution in [0.3, 0.4) is 0 Å². The lowest BCUT2D eigenvalue weighted by molar-refractivity contribution is 0.668. The molecule has 0 radical (unpaired) electrons. The number of para-hydroxylation sites is 3. The number of furan rings is 3. The Morgan fingerprint density at radius 3 is 0.681 bits per heavy atom. The monoisotopic (exact) mass is 1720 g/mol. The molecule has 20 aromatic carbocycles. The van der Waals surface area contributed by atoms with E-state index in [1.807, 2.05) is 54.6 Å². The molecule has 0 unspecified atom stereocenters. The van der Waals surface area contributed by atoms with E-state index in [4.69, 9.17) is 43.2 Å². The molecule has 0 aliphatic carbocycles. The largest absolute Gasteiger partial charge is 0.456 e. The van der Waals surface area contributed by atoms with Crippen LogP contribution in [0.15, 0.2) is 486 Å². The van der Waals surface area contributed by atoms with Gasteiger partial charge in [-0.2, -0.15) is 0 Å². The lowest BCUT2D eigenvalue weighted by Crippen LogP contribution is -2.00. The first-order valence-corrected chi connectivity index (χ1v) is 45.5. The second-order valence-corrected chi connectivity index (χ2v) is 34.2.